The summed E-state index contributed by atoms with van der Waals surface area (Å²) in [7, 11) is 1.90. The maximum absolute atomic E-state index is 12.1. The third-order valence-electron chi connectivity index (χ3n) is 4.26. The first-order valence-electron chi connectivity index (χ1n) is 7.26. The van der Waals surface area contributed by atoms with Crippen LogP contribution < -0.4 is 5.69 Å². The fourth-order valence-corrected chi connectivity index (χ4v) is 2.87. The van der Waals surface area contributed by atoms with Crippen LogP contribution in [-0.4, -0.2) is 63.6 Å². The summed E-state index contributed by atoms with van der Waals surface area (Å²) in [5.74, 6) is 1.12. The highest BCUT2D eigenvalue weighted by molar-refractivity contribution is 5.78. The highest BCUT2D eigenvalue weighted by atomic mass is 16.2. The molecule has 3 rings (SSSR count). The quantitative estimate of drug-likeness (QED) is 0.806. The van der Waals surface area contributed by atoms with Crippen LogP contribution in [0.2, 0.25) is 0 Å². The van der Waals surface area contributed by atoms with E-state index in [1.54, 1.807) is 0 Å². The lowest BCUT2D eigenvalue weighted by Gasteiger charge is -2.32. The molecule has 1 saturated carbocycles. The topological polar surface area (TPSA) is 85.1 Å². The minimum Gasteiger partial charge on any atom is -0.342 e. The first-order chi connectivity index (χ1) is 9.63. The molecule has 20 heavy (non-hydrogen) atoms. The van der Waals surface area contributed by atoms with Crippen molar-refractivity contribution in [1.82, 2.24) is 25.0 Å². The van der Waals surface area contributed by atoms with Gasteiger partial charge < -0.3 is 4.90 Å². The number of carbonyl (C=O) groups excluding carboxylic acids is 1. The van der Waals surface area contributed by atoms with E-state index in [1.165, 1.54) is 0 Å². The van der Waals surface area contributed by atoms with E-state index < -0.39 is 0 Å². The van der Waals surface area contributed by atoms with Crippen molar-refractivity contribution in [2.24, 2.45) is 0 Å². The number of aromatic nitrogens is 3. The summed E-state index contributed by atoms with van der Waals surface area (Å²) in [4.78, 5) is 30.0. The molecular weight excluding hydrogens is 258 g/mol. The molecule has 2 heterocycles. The molecule has 7 nitrogen and oxygen atoms in total. The van der Waals surface area contributed by atoms with Crippen LogP contribution in [0.4, 0.5) is 0 Å². The molecule has 7 heteroatoms. The minimum absolute atomic E-state index is 0.198. The molecule has 2 aliphatic rings. The van der Waals surface area contributed by atoms with Crippen LogP contribution in [0, 0.1) is 0 Å². The molecule has 110 valence electrons. The summed E-state index contributed by atoms with van der Waals surface area (Å²) in [5, 5.41) is 6.42. The molecule has 1 aliphatic heterocycles. The van der Waals surface area contributed by atoms with E-state index in [-0.39, 0.29) is 17.5 Å². The molecule has 1 aliphatic carbocycles. The van der Waals surface area contributed by atoms with Gasteiger partial charge in [-0.2, -0.15) is 5.10 Å². The lowest BCUT2D eigenvalue weighted by Crippen LogP contribution is -2.43. The average Bonchev–Trinajstić information content (AvgIpc) is 3.20. The van der Waals surface area contributed by atoms with Crippen LogP contribution >= 0.6 is 0 Å². The molecule has 0 bridgehead atoms. The summed E-state index contributed by atoms with van der Waals surface area (Å²) in [5.41, 5.74) is -0.262. The van der Waals surface area contributed by atoms with Crippen molar-refractivity contribution < 1.29 is 4.79 Å². The van der Waals surface area contributed by atoms with Crippen molar-refractivity contribution in [3.8, 4) is 0 Å². The van der Waals surface area contributed by atoms with Gasteiger partial charge in [0.15, 0.2) is 0 Å². The van der Waals surface area contributed by atoms with Crippen molar-refractivity contribution in [3.63, 3.8) is 0 Å². The van der Waals surface area contributed by atoms with Gasteiger partial charge in [-0.15, -0.1) is 0 Å². The van der Waals surface area contributed by atoms with Gasteiger partial charge in [-0.3, -0.25) is 14.7 Å². The SMILES string of the molecule is CN(C(=O)CN1CCCC(c2n[nH]c(=O)[nH]2)C1)C1CC1. The van der Waals surface area contributed by atoms with Crippen LogP contribution in [0.5, 0.6) is 0 Å². The van der Waals surface area contributed by atoms with Gasteiger partial charge >= 0.3 is 5.69 Å². The minimum atomic E-state index is -0.262. The molecule has 2 N–H and O–H groups in total. The number of amides is 1. The molecule has 0 spiro atoms. The summed E-state index contributed by atoms with van der Waals surface area (Å²) < 4.78 is 0. The maximum atomic E-state index is 12.1. The number of rotatable bonds is 4. The van der Waals surface area contributed by atoms with Crippen LogP contribution in [0.25, 0.3) is 0 Å². The largest absolute Gasteiger partial charge is 0.342 e. The summed E-state index contributed by atoms with van der Waals surface area (Å²) in [6, 6.07) is 0.464. The Morgan fingerprint density at radius 3 is 2.90 bits per heavy atom. The van der Waals surface area contributed by atoms with Crippen LogP contribution in [0.3, 0.4) is 0 Å². The van der Waals surface area contributed by atoms with Crippen molar-refractivity contribution in [3.05, 3.63) is 16.3 Å². The number of nitrogens with zero attached hydrogens (tertiary/aromatic N) is 3. The van der Waals surface area contributed by atoms with E-state index in [2.05, 4.69) is 20.1 Å². The Kier molecular flexibility index (Phi) is 3.60. The Bertz CT molecular complexity index is 533. The molecule has 1 atom stereocenters. The van der Waals surface area contributed by atoms with E-state index in [1.807, 2.05) is 11.9 Å². The van der Waals surface area contributed by atoms with Crippen molar-refractivity contribution >= 4 is 5.91 Å². The molecule has 1 aromatic heterocycles. The summed E-state index contributed by atoms with van der Waals surface area (Å²) >= 11 is 0. The monoisotopic (exact) mass is 279 g/mol. The standard InChI is InChI=1S/C13H21N5O2/c1-17(10-4-5-10)11(19)8-18-6-2-3-9(7-18)12-14-13(20)16-15-12/h9-10H,2-8H2,1H3,(H2,14,15,16,20). The maximum Gasteiger partial charge on any atom is 0.340 e. The molecule has 1 unspecified atom stereocenters. The van der Waals surface area contributed by atoms with Gasteiger partial charge in [0, 0.05) is 25.6 Å². The van der Waals surface area contributed by atoms with Gasteiger partial charge in [-0.25, -0.2) is 9.89 Å². The van der Waals surface area contributed by atoms with E-state index in [4.69, 9.17) is 0 Å². The van der Waals surface area contributed by atoms with Crippen molar-refractivity contribution in [2.75, 3.05) is 26.7 Å². The zero-order chi connectivity index (χ0) is 14.1. The Morgan fingerprint density at radius 2 is 2.25 bits per heavy atom. The Labute approximate surface area is 117 Å². The van der Waals surface area contributed by atoms with Crippen molar-refractivity contribution in [1.29, 1.82) is 0 Å². The predicted molar refractivity (Wildman–Crippen MR) is 73.4 cm³/mol. The van der Waals surface area contributed by atoms with Gasteiger partial charge in [-0.05, 0) is 32.2 Å². The lowest BCUT2D eigenvalue weighted by atomic mass is 9.97. The molecule has 1 amide bonds. The second-order valence-electron chi connectivity index (χ2n) is 5.87. The molecule has 0 radical (unpaired) electrons. The van der Waals surface area contributed by atoms with Gasteiger partial charge in [0.05, 0.1) is 6.54 Å². The number of hydrogen-bond donors (Lipinski definition) is 2. The number of nitrogens with one attached hydrogen (secondary N) is 2. The predicted octanol–water partition coefficient (Wildman–Crippen LogP) is -0.102. The van der Waals surface area contributed by atoms with Gasteiger partial charge in [0.25, 0.3) is 0 Å². The first kappa shape index (κ1) is 13.4. The number of aromatic amines is 2. The Hall–Kier alpha value is -1.63. The van der Waals surface area contributed by atoms with Gasteiger partial charge in [-0.1, -0.05) is 0 Å². The number of piperidine rings is 1. The highest BCUT2D eigenvalue weighted by Crippen LogP contribution is 2.26. The number of carbonyl (C=O) groups is 1. The van der Waals surface area contributed by atoms with Gasteiger partial charge in [0.1, 0.15) is 5.82 Å². The molecule has 1 aromatic rings. The number of hydrogen-bond acceptors (Lipinski definition) is 4. The Morgan fingerprint density at radius 1 is 1.45 bits per heavy atom. The van der Waals surface area contributed by atoms with Crippen LogP contribution in [0.1, 0.15) is 37.4 Å². The van der Waals surface area contributed by atoms with E-state index >= 15 is 0 Å². The highest BCUT2D eigenvalue weighted by Gasteiger charge is 2.31. The average molecular weight is 279 g/mol. The van der Waals surface area contributed by atoms with Crippen LogP contribution in [0.15, 0.2) is 4.79 Å². The van der Waals surface area contributed by atoms with E-state index in [9.17, 15) is 9.59 Å². The fourth-order valence-electron chi connectivity index (χ4n) is 2.87. The first-order valence-corrected chi connectivity index (χ1v) is 7.26. The molecule has 0 aromatic carbocycles. The smallest absolute Gasteiger partial charge is 0.340 e. The summed E-state index contributed by atoms with van der Waals surface area (Å²) in [6.07, 6.45) is 4.31. The zero-order valence-electron chi connectivity index (χ0n) is 11.8. The van der Waals surface area contributed by atoms with E-state index in [0.29, 0.717) is 18.4 Å². The molecule has 2 fully saturated rings. The fraction of sp³-hybridized carbons (Fsp3) is 0.769. The molecule has 1 saturated heterocycles. The normalized spacial score (nSPS) is 23.8. The number of likely N-dealkylation sites (N-methyl/N-ethyl adjacent to an activating group) is 1. The zero-order valence-corrected chi connectivity index (χ0v) is 11.8. The third kappa shape index (κ3) is 2.92. The lowest BCUT2D eigenvalue weighted by molar-refractivity contribution is -0.131. The number of H-pyrrole nitrogens is 2. The second kappa shape index (κ2) is 5.40. The second-order valence-corrected chi connectivity index (χ2v) is 5.87. The summed E-state index contributed by atoms with van der Waals surface area (Å²) in [6.45, 7) is 2.19. The Balaban J connectivity index is 1.57. The third-order valence-corrected chi connectivity index (χ3v) is 4.26. The number of likely N-dealkylation sites (tertiary alicyclic amines) is 1. The van der Waals surface area contributed by atoms with Gasteiger partial charge in [0.2, 0.25) is 5.91 Å². The molecular formula is C13H21N5O2. The van der Waals surface area contributed by atoms with Crippen molar-refractivity contribution in [2.45, 2.75) is 37.6 Å². The van der Waals surface area contributed by atoms with Crippen LogP contribution in [-0.2, 0) is 4.79 Å². The van der Waals surface area contributed by atoms with E-state index in [0.717, 1.165) is 38.8 Å².